The van der Waals surface area contributed by atoms with Crippen LogP contribution >= 0.6 is 0 Å². The van der Waals surface area contributed by atoms with E-state index >= 15 is 0 Å². The molecule has 8 nitrogen and oxygen atoms in total. The molecule has 0 aromatic carbocycles. The molecule has 3 atom stereocenters. The van der Waals surface area contributed by atoms with Gasteiger partial charge in [-0.3, -0.25) is 4.90 Å². The molecule has 2 saturated heterocycles. The number of nitrogens with zero attached hydrogens (tertiary/aromatic N) is 3. The Morgan fingerprint density at radius 1 is 1.27 bits per heavy atom. The first kappa shape index (κ1) is 22.3. The Balaban J connectivity index is 0.000000318. The largest absolute Gasteiger partial charge is 0.490 e. The maximum absolute atomic E-state index is 10.6. The van der Waals surface area contributed by atoms with Crippen LogP contribution in [0, 0.1) is 31.6 Å². The molecule has 2 fully saturated rings. The second kappa shape index (κ2) is 9.17. The number of hydrogen-bond donors (Lipinski definition) is 1. The number of aliphatic carboxylic acids is 1. The molecular weight excluding hydrogens is 407 g/mol. The molecule has 30 heavy (non-hydrogen) atoms. The van der Waals surface area contributed by atoms with Gasteiger partial charge in [0.05, 0.1) is 19.8 Å². The van der Waals surface area contributed by atoms with E-state index < -0.39 is 12.1 Å². The molecule has 4 heterocycles. The number of halogens is 3. The fraction of sp³-hybridized carbons (Fsp3) is 0.632. The summed E-state index contributed by atoms with van der Waals surface area (Å²) < 4.78 is 48.6. The van der Waals surface area contributed by atoms with Crippen LogP contribution in [0.3, 0.4) is 0 Å². The van der Waals surface area contributed by atoms with Gasteiger partial charge in [-0.2, -0.15) is 18.2 Å². The van der Waals surface area contributed by atoms with Crippen molar-refractivity contribution >= 4 is 5.97 Å². The zero-order chi connectivity index (χ0) is 21.9. The number of rotatable bonds is 4. The summed E-state index contributed by atoms with van der Waals surface area (Å²) in [6, 6.07) is 4.11. The van der Waals surface area contributed by atoms with Crippen LogP contribution in [-0.4, -0.2) is 58.6 Å². The van der Waals surface area contributed by atoms with Crippen LogP contribution in [0.15, 0.2) is 21.1 Å². The molecule has 0 bridgehead atoms. The monoisotopic (exact) mass is 431 g/mol. The minimum atomic E-state index is -5.08. The van der Waals surface area contributed by atoms with Crippen LogP contribution in [0.5, 0.6) is 0 Å². The first-order valence-electron chi connectivity index (χ1n) is 9.56. The predicted octanol–water partition coefficient (Wildman–Crippen LogP) is 2.85. The highest BCUT2D eigenvalue weighted by atomic mass is 19.4. The first-order chi connectivity index (χ1) is 14.1. The Kier molecular flexibility index (Phi) is 6.81. The van der Waals surface area contributed by atoms with E-state index in [0.29, 0.717) is 23.6 Å². The van der Waals surface area contributed by atoms with Crippen molar-refractivity contribution < 1.29 is 36.7 Å². The summed E-state index contributed by atoms with van der Waals surface area (Å²) in [6.45, 7) is 8.54. The number of aromatic nitrogens is 2. The van der Waals surface area contributed by atoms with Gasteiger partial charge in [-0.15, -0.1) is 0 Å². The molecule has 1 N–H and O–H groups in total. The van der Waals surface area contributed by atoms with Crippen molar-refractivity contribution in [3.8, 4) is 0 Å². The summed E-state index contributed by atoms with van der Waals surface area (Å²) in [5, 5.41) is 11.0. The number of likely N-dealkylation sites (tertiary alicyclic amines) is 1. The molecule has 2 aliphatic heterocycles. The van der Waals surface area contributed by atoms with Crippen molar-refractivity contribution in [2.45, 2.75) is 33.0 Å². The van der Waals surface area contributed by atoms with Crippen molar-refractivity contribution in [2.24, 2.45) is 17.8 Å². The number of carboxylic acids is 1. The SMILES string of the molecule is Cc1noc(C[C@@H]2COC[C@H]3CN(Cc4ccc(C)o4)C[C@@H]23)n1.O=C(O)C(F)(F)F. The lowest BCUT2D eigenvalue weighted by Gasteiger charge is -2.32. The molecule has 0 amide bonds. The molecule has 2 aromatic heterocycles. The van der Waals surface area contributed by atoms with Gasteiger partial charge in [0.15, 0.2) is 5.82 Å². The van der Waals surface area contributed by atoms with Gasteiger partial charge < -0.3 is 18.8 Å². The van der Waals surface area contributed by atoms with E-state index in [-0.39, 0.29) is 0 Å². The third-order valence-corrected chi connectivity index (χ3v) is 5.26. The Morgan fingerprint density at radius 3 is 2.57 bits per heavy atom. The van der Waals surface area contributed by atoms with E-state index in [1.54, 1.807) is 0 Å². The predicted molar refractivity (Wildman–Crippen MR) is 96.4 cm³/mol. The maximum Gasteiger partial charge on any atom is 0.490 e. The van der Waals surface area contributed by atoms with Crippen molar-refractivity contribution in [3.05, 3.63) is 35.4 Å². The van der Waals surface area contributed by atoms with Gasteiger partial charge in [-0.1, -0.05) is 5.16 Å². The van der Waals surface area contributed by atoms with Gasteiger partial charge in [0.1, 0.15) is 11.5 Å². The third kappa shape index (κ3) is 5.82. The van der Waals surface area contributed by atoms with E-state index in [4.69, 9.17) is 23.6 Å². The van der Waals surface area contributed by atoms with Gasteiger partial charge in [-0.05, 0) is 43.7 Å². The zero-order valence-electron chi connectivity index (χ0n) is 16.7. The number of fused-ring (bicyclic) bond motifs is 1. The lowest BCUT2D eigenvalue weighted by Crippen LogP contribution is -2.36. The summed E-state index contributed by atoms with van der Waals surface area (Å²) in [5.41, 5.74) is 0. The van der Waals surface area contributed by atoms with Crippen molar-refractivity contribution in [2.75, 3.05) is 26.3 Å². The number of alkyl halides is 3. The van der Waals surface area contributed by atoms with Crippen LogP contribution in [0.25, 0.3) is 0 Å². The van der Waals surface area contributed by atoms with Crippen LogP contribution < -0.4 is 0 Å². The van der Waals surface area contributed by atoms with E-state index in [1.807, 2.05) is 19.9 Å². The molecule has 2 aliphatic rings. The van der Waals surface area contributed by atoms with Gasteiger partial charge >= 0.3 is 12.1 Å². The number of hydrogen-bond acceptors (Lipinski definition) is 7. The second-order valence-electron chi connectivity index (χ2n) is 7.67. The quantitative estimate of drug-likeness (QED) is 0.789. The Labute approximate surface area is 171 Å². The molecule has 0 saturated carbocycles. The summed E-state index contributed by atoms with van der Waals surface area (Å²) in [7, 11) is 0. The van der Waals surface area contributed by atoms with Crippen LogP contribution in [0.4, 0.5) is 13.2 Å². The molecule has 4 rings (SSSR count). The Bertz CT molecular complexity index is 851. The highest BCUT2D eigenvalue weighted by Gasteiger charge is 2.41. The highest BCUT2D eigenvalue weighted by Crippen LogP contribution is 2.36. The summed E-state index contributed by atoms with van der Waals surface area (Å²) in [4.78, 5) is 15.7. The first-order valence-corrected chi connectivity index (χ1v) is 9.56. The smallest absolute Gasteiger partial charge is 0.475 e. The van der Waals surface area contributed by atoms with Crippen molar-refractivity contribution in [1.82, 2.24) is 15.0 Å². The van der Waals surface area contributed by atoms with Gasteiger partial charge in [0.25, 0.3) is 0 Å². The average Bonchev–Trinajstić information content (AvgIpc) is 3.36. The van der Waals surface area contributed by atoms with Crippen molar-refractivity contribution in [1.29, 1.82) is 0 Å². The minimum absolute atomic E-state index is 0.455. The third-order valence-electron chi connectivity index (χ3n) is 5.26. The van der Waals surface area contributed by atoms with Crippen LogP contribution in [-0.2, 0) is 22.5 Å². The number of furan rings is 1. The highest BCUT2D eigenvalue weighted by molar-refractivity contribution is 5.73. The number of ether oxygens (including phenoxy) is 1. The Morgan fingerprint density at radius 2 is 2.00 bits per heavy atom. The van der Waals surface area contributed by atoms with E-state index in [1.165, 1.54) is 0 Å². The van der Waals surface area contributed by atoms with Crippen LogP contribution in [0.1, 0.15) is 23.2 Å². The normalized spacial score (nSPS) is 24.2. The van der Waals surface area contributed by atoms with E-state index in [2.05, 4.69) is 21.1 Å². The number of carbonyl (C=O) groups is 1. The maximum atomic E-state index is 10.6. The molecule has 2 aromatic rings. The van der Waals surface area contributed by atoms with Crippen LogP contribution in [0.2, 0.25) is 0 Å². The Hall–Kier alpha value is -2.40. The standard InChI is InChI=1S/C17H23N3O3.C2HF3O2/c1-11-3-4-15(22-11)7-20-6-14-10-21-9-13(16(14)8-20)5-17-18-12(2)19-23-17;3-2(4,5)1(6)7/h3-4,13-14,16H,5-10H2,1-2H3;(H,6,7)/t13-,14-,16+;/m1./s1. The van der Waals surface area contributed by atoms with E-state index in [9.17, 15) is 13.2 Å². The summed E-state index contributed by atoms with van der Waals surface area (Å²) >= 11 is 0. The molecule has 166 valence electrons. The molecular formula is C19H24F3N3O5. The topological polar surface area (TPSA) is 102 Å². The average molecular weight is 431 g/mol. The second-order valence-corrected chi connectivity index (χ2v) is 7.67. The molecule has 0 unspecified atom stereocenters. The molecule has 0 spiro atoms. The van der Waals surface area contributed by atoms with E-state index in [0.717, 1.165) is 56.7 Å². The fourth-order valence-corrected chi connectivity index (χ4v) is 3.97. The fourth-order valence-electron chi connectivity index (χ4n) is 3.97. The lowest BCUT2D eigenvalue weighted by molar-refractivity contribution is -0.192. The minimum Gasteiger partial charge on any atom is -0.475 e. The summed E-state index contributed by atoms with van der Waals surface area (Å²) in [5.74, 6) is 2.38. The van der Waals surface area contributed by atoms with Crippen molar-refractivity contribution in [3.63, 3.8) is 0 Å². The lowest BCUT2D eigenvalue weighted by atomic mass is 9.81. The van der Waals surface area contributed by atoms with Gasteiger partial charge in [-0.25, -0.2) is 4.79 Å². The van der Waals surface area contributed by atoms with Gasteiger partial charge in [0.2, 0.25) is 5.89 Å². The zero-order valence-corrected chi connectivity index (χ0v) is 16.7. The summed E-state index contributed by atoms with van der Waals surface area (Å²) in [6.07, 6.45) is -4.27. The molecule has 0 aliphatic carbocycles. The number of aryl methyl sites for hydroxylation is 2. The van der Waals surface area contributed by atoms with Gasteiger partial charge in [0, 0.05) is 19.5 Å². The number of carboxylic acid groups (broad SMARTS) is 1. The molecule has 0 radical (unpaired) electrons. The molecule has 11 heteroatoms.